The van der Waals surface area contributed by atoms with Crippen LogP contribution in [0.15, 0.2) is 24.4 Å². The number of amides is 1. The van der Waals surface area contributed by atoms with E-state index in [1.165, 1.54) is 0 Å². The highest BCUT2D eigenvalue weighted by Gasteiger charge is 2.16. The number of rotatable bonds is 8. The van der Waals surface area contributed by atoms with Crippen molar-refractivity contribution in [1.29, 1.82) is 0 Å². The summed E-state index contributed by atoms with van der Waals surface area (Å²) in [6.07, 6.45) is 2.79. The standard InChI is InChI=1S/C18H25N3O4/c1-6-12(2)21-16(7-8-19-21)20-17(22)11-13-9-14(23-3)18(25-5)15(10-13)24-4/h7-10,12H,6,11H2,1-5H3,(H,20,22)/t12-/m1/s1. The van der Waals surface area contributed by atoms with Gasteiger partial charge in [0, 0.05) is 6.07 Å². The van der Waals surface area contributed by atoms with E-state index in [0.717, 1.165) is 12.0 Å². The van der Waals surface area contributed by atoms with Gasteiger partial charge in [-0.2, -0.15) is 5.10 Å². The van der Waals surface area contributed by atoms with E-state index in [4.69, 9.17) is 14.2 Å². The number of carbonyl (C=O) groups is 1. The molecule has 0 saturated carbocycles. The first kappa shape index (κ1) is 18.6. The van der Waals surface area contributed by atoms with Gasteiger partial charge in [0.05, 0.1) is 40.0 Å². The van der Waals surface area contributed by atoms with Gasteiger partial charge in [-0.25, -0.2) is 4.68 Å². The van der Waals surface area contributed by atoms with Gasteiger partial charge in [0.25, 0.3) is 0 Å². The Balaban J connectivity index is 2.17. The van der Waals surface area contributed by atoms with Gasteiger partial charge in [-0.3, -0.25) is 4.79 Å². The molecule has 2 aromatic rings. The van der Waals surface area contributed by atoms with Crippen LogP contribution >= 0.6 is 0 Å². The Morgan fingerprint density at radius 3 is 2.36 bits per heavy atom. The number of hydrogen-bond acceptors (Lipinski definition) is 5. The van der Waals surface area contributed by atoms with Crippen LogP contribution in [0.4, 0.5) is 5.82 Å². The third-order valence-electron chi connectivity index (χ3n) is 4.04. The Hall–Kier alpha value is -2.70. The Labute approximate surface area is 147 Å². The summed E-state index contributed by atoms with van der Waals surface area (Å²) in [5, 5.41) is 7.18. The van der Waals surface area contributed by atoms with Crippen molar-refractivity contribution >= 4 is 11.7 Å². The minimum Gasteiger partial charge on any atom is -0.493 e. The van der Waals surface area contributed by atoms with Crippen molar-refractivity contribution in [2.24, 2.45) is 0 Å². The molecule has 1 atom stereocenters. The topological polar surface area (TPSA) is 74.6 Å². The van der Waals surface area contributed by atoms with E-state index in [2.05, 4.69) is 24.3 Å². The average Bonchev–Trinajstić information content (AvgIpc) is 3.07. The Morgan fingerprint density at radius 2 is 1.84 bits per heavy atom. The van der Waals surface area contributed by atoms with E-state index in [0.29, 0.717) is 23.1 Å². The molecule has 7 nitrogen and oxygen atoms in total. The molecule has 0 aliphatic rings. The Bertz CT molecular complexity index is 702. The fourth-order valence-electron chi connectivity index (χ4n) is 2.55. The minimum absolute atomic E-state index is 0.140. The van der Waals surface area contributed by atoms with Gasteiger partial charge in [0.1, 0.15) is 5.82 Å². The van der Waals surface area contributed by atoms with Crippen molar-refractivity contribution in [2.75, 3.05) is 26.6 Å². The number of nitrogens with zero attached hydrogens (tertiary/aromatic N) is 2. The van der Waals surface area contributed by atoms with E-state index in [9.17, 15) is 4.79 Å². The lowest BCUT2D eigenvalue weighted by molar-refractivity contribution is -0.115. The highest BCUT2D eigenvalue weighted by atomic mass is 16.5. The van der Waals surface area contributed by atoms with Crippen LogP contribution in [-0.4, -0.2) is 37.0 Å². The zero-order valence-electron chi connectivity index (χ0n) is 15.3. The van der Waals surface area contributed by atoms with E-state index in [-0.39, 0.29) is 18.4 Å². The maximum atomic E-state index is 12.4. The normalized spacial score (nSPS) is 11.7. The molecule has 0 saturated heterocycles. The molecule has 0 unspecified atom stereocenters. The van der Waals surface area contributed by atoms with Crippen molar-refractivity contribution in [3.05, 3.63) is 30.0 Å². The summed E-state index contributed by atoms with van der Waals surface area (Å²) < 4.78 is 17.8. The predicted octanol–water partition coefficient (Wildman–Crippen LogP) is 3.06. The molecule has 1 amide bonds. The van der Waals surface area contributed by atoms with Crippen LogP contribution in [-0.2, 0) is 11.2 Å². The van der Waals surface area contributed by atoms with E-state index < -0.39 is 0 Å². The molecule has 0 radical (unpaired) electrons. The molecule has 1 aromatic heterocycles. The molecule has 25 heavy (non-hydrogen) atoms. The third kappa shape index (κ3) is 4.23. The first-order chi connectivity index (χ1) is 12.0. The lowest BCUT2D eigenvalue weighted by Gasteiger charge is -2.15. The largest absolute Gasteiger partial charge is 0.493 e. The number of benzene rings is 1. The number of hydrogen-bond donors (Lipinski definition) is 1. The van der Waals surface area contributed by atoms with Crippen LogP contribution in [0.3, 0.4) is 0 Å². The highest BCUT2D eigenvalue weighted by Crippen LogP contribution is 2.38. The monoisotopic (exact) mass is 347 g/mol. The lowest BCUT2D eigenvalue weighted by Crippen LogP contribution is -2.19. The number of aromatic nitrogens is 2. The van der Waals surface area contributed by atoms with Gasteiger partial charge in [-0.1, -0.05) is 6.92 Å². The molecule has 1 aromatic carbocycles. The van der Waals surface area contributed by atoms with E-state index in [1.807, 2.05) is 4.68 Å². The van der Waals surface area contributed by atoms with Gasteiger partial charge in [0.15, 0.2) is 11.5 Å². The smallest absolute Gasteiger partial charge is 0.229 e. The van der Waals surface area contributed by atoms with Crippen molar-refractivity contribution < 1.29 is 19.0 Å². The number of nitrogens with one attached hydrogen (secondary N) is 1. The van der Waals surface area contributed by atoms with Crippen molar-refractivity contribution in [3.8, 4) is 17.2 Å². The summed E-state index contributed by atoms with van der Waals surface area (Å²) in [5.41, 5.74) is 0.765. The molecule has 7 heteroatoms. The minimum atomic E-state index is -0.140. The van der Waals surface area contributed by atoms with Crippen molar-refractivity contribution in [2.45, 2.75) is 32.7 Å². The highest BCUT2D eigenvalue weighted by molar-refractivity contribution is 5.91. The molecular formula is C18H25N3O4. The van der Waals surface area contributed by atoms with E-state index in [1.54, 1.807) is 45.7 Å². The van der Waals surface area contributed by atoms with E-state index >= 15 is 0 Å². The van der Waals surface area contributed by atoms with Gasteiger partial charge >= 0.3 is 0 Å². The summed E-state index contributed by atoms with van der Waals surface area (Å²) in [7, 11) is 4.64. The zero-order chi connectivity index (χ0) is 18.4. The molecule has 2 rings (SSSR count). The quantitative estimate of drug-likeness (QED) is 0.794. The van der Waals surface area contributed by atoms with Crippen LogP contribution < -0.4 is 19.5 Å². The number of carbonyl (C=O) groups excluding carboxylic acids is 1. The predicted molar refractivity (Wildman–Crippen MR) is 95.7 cm³/mol. The van der Waals surface area contributed by atoms with Crippen LogP contribution in [0.2, 0.25) is 0 Å². The number of ether oxygens (including phenoxy) is 3. The second kappa shape index (κ2) is 8.41. The van der Waals surface area contributed by atoms with Gasteiger partial charge in [-0.15, -0.1) is 0 Å². The molecule has 0 aliphatic carbocycles. The molecule has 136 valence electrons. The molecule has 1 heterocycles. The second-order valence-corrected chi connectivity index (χ2v) is 5.68. The van der Waals surface area contributed by atoms with Crippen LogP contribution in [0.1, 0.15) is 31.9 Å². The maximum Gasteiger partial charge on any atom is 0.229 e. The van der Waals surface area contributed by atoms with Crippen molar-refractivity contribution in [3.63, 3.8) is 0 Å². The molecular weight excluding hydrogens is 322 g/mol. The van der Waals surface area contributed by atoms with Gasteiger partial charge in [0.2, 0.25) is 11.7 Å². The SMILES string of the molecule is CC[C@@H](C)n1nccc1NC(=O)Cc1cc(OC)c(OC)c(OC)c1. The van der Waals surface area contributed by atoms with Gasteiger partial charge in [-0.05, 0) is 31.0 Å². The van der Waals surface area contributed by atoms with Crippen LogP contribution in [0, 0.1) is 0 Å². The molecule has 0 fully saturated rings. The van der Waals surface area contributed by atoms with Crippen molar-refractivity contribution in [1.82, 2.24) is 9.78 Å². The summed E-state index contributed by atoms with van der Waals surface area (Å²) in [5.74, 6) is 2.10. The third-order valence-corrected chi connectivity index (χ3v) is 4.04. The summed E-state index contributed by atoms with van der Waals surface area (Å²) >= 11 is 0. The molecule has 0 aliphatic heterocycles. The number of methoxy groups -OCH3 is 3. The fraction of sp³-hybridized carbons (Fsp3) is 0.444. The number of anilines is 1. The maximum absolute atomic E-state index is 12.4. The summed E-state index contributed by atoms with van der Waals surface area (Å²) in [6.45, 7) is 4.13. The first-order valence-corrected chi connectivity index (χ1v) is 8.16. The summed E-state index contributed by atoms with van der Waals surface area (Å²) in [6, 6.07) is 5.55. The van der Waals surface area contributed by atoms with Gasteiger partial charge < -0.3 is 19.5 Å². The second-order valence-electron chi connectivity index (χ2n) is 5.68. The fourth-order valence-corrected chi connectivity index (χ4v) is 2.55. The Kier molecular flexibility index (Phi) is 6.27. The Morgan fingerprint density at radius 1 is 1.20 bits per heavy atom. The average molecular weight is 347 g/mol. The summed E-state index contributed by atoms with van der Waals surface area (Å²) in [4.78, 5) is 12.4. The lowest BCUT2D eigenvalue weighted by atomic mass is 10.1. The zero-order valence-corrected chi connectivity index (χ0v) is 15.3. The molecule has 0 spiro atoms. The van der Waals surface area contributed by atoms with Crippen LogP contribution in [0.25, 0.3) is 0 Å². The van der Waals surface area contributed by atoms with Crippen LogP contribution in [0.5, 0.6) is 17.2 Å². The molecule has 1 N–H and O–H groups in total. The first-order valence-electron chi connectivity index (χ1n) is 8.16. The molecule has 0 bridgehead atoms.